The molecule has 0 N–H and O–H groups in total. The minimum atomic E-state index is 0.476. The Morgan fingerprint density at radius 2 is 2.20 bits per heavy atom. The second kappa shape index (κ2) is 5.90. The molecule has 4 aliphatic rings. The van der Waals surface area contributed by atoms with Crippen LogP contribution in [0, 0.1) is 17.3 Å². The second-order valence-corrected chi connectivity index (χ2v) is 9.06. The van der Waals surface area contributed by atoms with Crippen molar-refractivity contribution in [2.45, 2.75) is 64.7 Å². The van der Waals surface area contributed by atoms with Crippen molar-refractivity contribution in [2.24, 2.45) is 21.6 Å². The van der Waals surface area contributed by atoms with E-state index in [9.17, 15) is 0 Å². The molecule has 132 valence electrons. The van der Waals surface area contributed by atoms with Gasteiger partial charge >= 0.3 is 0 Å². The van der Waals surface area contributed by atoms with Gasteiger partial charge in [-0.3, -0.25) is 0 Å². The normalized spacial score (nSPS) is 37.0. The van der Waals surface area contributed by atoms with Crippen LogP contribution in [0.3, 0.4) is 0 Å². The lowest BCUT2D eigenvalue weighted by Crippen LogP contribution is -2.40. The van der Waals surface area contributed by atoms with E-state index in [2.05, 4.69) is 36.5 Å². The fourth-order valence-corrected chi connectivity index (χ4v) is 6.78. The van der Waals surface area contributed by atoms with Crippen LogP contribution >= 0.6 is 12.2 Å². The summed E-state index contributed by atoms with van der Waals surface area (Å²) >= 11 is 1.19. The molecule has 1 heterocycles. The average molecular weight is 354 g/mol. The first-order valence-electron chi connectivity index (χ1n) is 9.94. The third-order valence-electron chi connectivity index (χ3n) is 7.52. The highest BCUT2D eigenvalue weighted by molar-refractivity contribution is 7.93. The molecular weight excluding hydrogens is 326 g/mol. The molecular formula is C22H27NOS. The average Bonchev–Trinajstić information content (AvgIpc) is 2.97. The van der Waals surface area contributed by atoms with Gasteiger partial charge in [-0.1, -0.05) is 25.5 Å². The monoisotopic (exact) mass is 353 g/mol. The molecule has 2 saturated carbocycles. The summed E-state index contributed by atoms with van der Waals surface area (Å²) in [5.74, 6) is 3.50. The van der Waals surface area contributed by atoms with Gasteiger partial charge in [0.15, 0.2) is 0 Å². The molecule has 1 aromatic rings. The first kappa shape index (κ1) is 16.0. The summed E-state index contributed by atoms with van der Waals surface area (Å²) < 4.78 is 9.89. The quantitative estimate of drug-likeness (QED) is 0.338. The van der Waals surface area contributed by atoms with Crippen molar-refractivity contribution in [3.8, 4) is 5.75 Å². The zero-order valence-electron chi connectivity index (χ0n) is 15.3. The van der Waals surface area contributed by atoms with E-state index in [1.165, 1.54) is 68.3 Å². The highest BCUT2D eigenvalue weighted by Gasteiger charge is 2.52. The van der Waals surface area contributed by atoms with Gasteiger partial charge in [0.25, 0.3) is 0 Å². The predicted octanol–water partition coefficient (Wildman–Crippen LogP) is 6.25. The predicted molar refractivity (Wildman–Crippen MR) is 105 cm³/mol. The lowest BCUT2D eigenvalue weighted by Gasteiger charge is -2.49. The van der Waals surface area contributed by atoms with Crippen LogP contribution in [0.25, 0.3) is 0 Å². The Labute approximate surface area is 155 Å². The molecule has 25 heavy (non-hydrogen) atoms. The molecule has 0 aromatic heterocycles. The van der Waals surface area contributed by atoms with Gasteiger partial charge in [0.05, 0.1) is 0 Å². The lowest BCUT2D eigenvalue weighted by molar-refractivity contribution is 0.0812. The number of rotatable bonds is 1. The summed E-state index contributed by atoms with van der Waals surface area (Å²) in [6.45, 7) is 4.86. The van der Waals surface area contributed by atoms with Crippen LogP contribution in [0.4, 0.5) is 0 Å². The van der Waals surface area contributed by atoms with Gasteiger partial charge in [-0.15, -0.1) is 0 Å². The number of hydrogen-bond acceptors (Lipinski definition) is 3. The zero-order valence-corrected chi connectivity index (χ0v) is 16.1. The van der Waals surface area contributed by atoms with Gasteiger partial charge in [0, 0.05) is 11.8 Å². The molecule has 2 nitrogen and oxygen atoms in total. The highest BCUT2D eigenvalue weighted by Crippen LogP contribution is 2.63. The summed E-state index contributed by atoms with van der Waals surface area (Å²) in [5, 5.41) is 0. The van der Waals surface area contributed by atoms with E-state index in [1.807, 2.05) is 6.21 Å². The van der Waals surface area contributed by atoms with Crippen molar-refractivity contribution < 1.29 is 4.18 Å². The summed E-state index contributed by atoms with van der Waals surface area (Å²) in [7, 11) is 0. The Balaban J connectivity index is 1.52. The minimum Gasteiger partial charge on any atom is -0.403 e. The van der Waals surface area contributed by atoms with Crippen molar-refractivity contribution in [1.29, 1.82) is 0 Å². The van der Waals surface area contributed by atoms with Gasteiger partial charge in [0.1, 0.15) is 5.75 Å². The molecule has 4 atom stereocenters. The Hall–Kier alpha value is -1.22. The van der Waals surface area contributed by atoms with Crippen LogP contribution in [0.1, 0.15) is 75.0 Å². The topological polar surface area (TPSA) is 21.6 Å². The molecule has 3 heteroatoms. The Bertz CT molecular complexity index is 768. The summed E-state index contributed by atoms with van der Waals surface area (Å²) in [6.07, 6.45) is 13.7. The van der Waals surface area contributed by atoms with Gasteiger partial charge in [-0.2, -0.15) is 4.40 Å². The van der Waals surface area contributed by atoms with Crippen LogP contribution < -0.4 is 4.18 Å². The van der Waals surface area contributed by atoms with Crippen LogP contribution in [-0.2, 0) is 6.42 Å². The molecule has 0 amide bonds. The first-order chi connectivity index (χ1) is 12.2. The molecule has 5 rings (SSSR count). The van der Waals surface area contributed by atoms with E-state index in [0.717, 1.165) is 23.5 Å². The Kier molecular flexibility index (Phi) is 3.78. The van der Waals surface area contributed by atoms with Crippen molar-refractivity contribution >= 4 is 18.4 Å². The molecule has 0 bridgehead atoms. The number of benzene rings is 1. The number of fused-ring (bicyclic) bond motifs is 6. The van der Waals surface area contributed by atoms with Gasteiger partial charge in [-0.05, 0) is 91.4 Å². The Morgan fingerprint density at radius 3 is 3.08 bits per heavy atom. The van der Waals surface area contributed by atoms with E-state index in [4.69, 9.17) is 4.18 Å². The smallest absolute Gasteiger partial charge is 0.201 e. The van der Waals surface area contributed by atoms with E-state index in [1.54, 1.807) is 11.1 Å². The largest absolute Gasteiger partial charge is 0.403 e. The summed E-state index contributed by atoms with van der Waals surface area (Å²) in [5.41, 5.74) is 6.55. The maximum atomic E-state index is 5.66. The van der Waals surface area contributed by atoms with E-state index in [0.29, 0.717) is 5.41 Å². The highest BCUT2D eigenvalue weighted by atomic mass is 32.2. The third-order valence-corrected chi connectivity index (χ3v) is 7.96. The fourth-order valence-electron chi connectivity index (χ4n) is 6.36. The summed E-state index contributed by atoms with van der Waals surface area (Å²) in [4.78, 5) is 0. The molecule has 4 unspecified atom stereocenters. The molecule has 0 spiro atoms. The van der Waals surface area contributed by atoms with Gasteiger partial charge in [0.2, 0.25) is 12.2 Å². The van der Waals surface area contributed by atoms with Crippen molar-refractivity contribution in [3.05, 3.63) is 40.5 Å². The molecule has 0 saturated heterocycles. The number of allylic oxidation sites excluding steroid dienone is 2. The third kappa shape index (κ3) is 2.34. The molecule has 1 aliphatic heterocycles. The van der Waals surface area contributed by atoms with Crippen molar-refractivity contribution in [1.82, 2.24) is 0 Å². The minimum absolute atomic E-state index is 0.476. The van der Waals surface area contributed by atoms with Crippen LogP contribution in [0.5, 0.6) is 5.75 Å². The maximum Gasteiger partial charge on any atom is 0.201 e. The van der Waals surface area contributed by atoms with E-state index in [-0.39, 0.29) is 0 Å². The molecule has 0 radical (unpaired) electrons. The fraction of sp³-hybridized carbons (Fsp3) is 0.591. The van der Waals surface area contributed by atoms with Crippen molar-refractivity contribution in [3.63, 3.8) is 0 Å². The van der Waals surface area contributed by atoms with Crippen molar-refractivity contribution in [2.75, 3.05) is 0 Å². The molecule has 1 aromatic carbocycles. The van der Waals surface area contributed by atoms with E-state index < -0.39 is 0 Å². The number of aryl methyl sites for hydroxylation is 1. The maximum absolute atomic E-state index is 5.66. The first-order valence-corrected chi connectivity index (χ1v) is 10.6. The zero-order chi connectivity index (χ0) is 17.0. The molecule has 2 fully saturated rings. The standard InChI is InChI=1S/C22H27NOS/c1-3-4-16-6-8-20-18-7-5-14-12-21-15(13-23-25-24-21)11-19(14)17(18)9-10-22(16,20)2/h4,11-13,17-18,20H,3,5-10H2,1-2H3/b16-4+. The van der Waals surface area contributed by atoms with Crippen LogP contribution in [0.2, 0.25) is 0 Å². The van der Waals surface area contributed by atoms with Gasteiger partial charge < -0.3 is 4.18 Å². The number of nitrogens with zero attached hydrogens (tertiary/aromatic N) is 1. The number of hydrogen-bond donors (Lipinski definition) is 0. The lowest BCUT2D eigenvalue weighted by atomic mass is 9.55. The molecule has 3 aliphatic carbocycles. The van der Waals surface area contributed by atoms with E-state index >= 15 is 0 Å². The Morgan fingerprint density at radius 1 is 1.28 bits per heavy atom. The van der Waals surface area contributed by atoms with Crippen LogP contribution in [0.15, 0.2) is 28.2 Å². The summed E-state index contributed by atoms with van der Waals surface area (Å²) in [6, 6.07) is 4.69. The van der Waals surface area contributed by atoms with Crippen LogP contribution in [-0.4, -0.2) is 6.21 Å². The SMILES string of the molecule is CC/C=C1\CCC2C3CCc4cc5c(cc4C3CCC12C)C=NSO5. The van der Waals surface area contributed by atoms with Gasteiger partial charge in [-0.25, -0.2) is 0 Å². The second-order valence-electron chi connectivity index (χ2n) is 8.53.